The van der Waals surface area contributed by atoms with E-state index in [1.54, 1.807) is 6.07 Å². The van der Waals surface area contributed by atoms with Crippen LogP contribution < -0.4 is 5.73 Å². The van der Waals surface area contributed by atoms with E-state index in [0.717, 1.165) is 0 Å². The van der Waals surface area contributed by atoms with Crippen molar-refractivity contribution in [2.45, 2.75) is 32.7 Å². The number of halogens is 2. The molecule has 17 heavy (non-hydrogen) atoms. The van der Waals surface area contributed by atoms with Crippen LogP contribution in [0.2, 0.25) is 5.02 Å². The monoisotopic (exact) mass is 257 g/mol. The predicted octanol–water partition coefficient (Wildman–Crippen LogP) is 2.96. The van der Waals surface area contributed by atoms with Crippen molar-refractivity contribution in [3.05, 3.63) is 34.6 Å². The molecule has 1 rings (SSSR count). The number of rotatable bonds is 5. The van der Waals surface area contributed by atoms with Crippen molar-refractivity contribution in [2.24, 2.45) is 11.7 Å². The third-order valence-electron chi connectivity index (χ3n) is 2.55. The molecule has 0 aromatic heterocycles. The predicted molar refractivity (Wildman–Crippen MR) is 67.6 cm³/mol. The van der Waals surface area contributed by atoms with Crippen LogP contribution in [-0.2, 0) is 11.2 Å². The van der Waals surface area contributed by atoms with E-state index < -0.39 is 11.9 Å². The number of Topliss-reactive ketones (excluding diaryl/α,β-unsaturated/α-hetero) is 1. The van der Waals surface area contributed by atoms with Gasteiger partial charge in [-0.25, -0.2) is 4.39 Å². The molecular formula is C13H17ClFNO. The molecule has 1 aromatic carbocycles. The minimum Gasteiger partial charge on any atom is -0.321 e. The Hall–Kier alpha value is -0.930. The first kappa shape index (κ1) is 14.1. The van der Waals surface area contributed by atoms with Crippen molar-refractivity contribution in [3.8, 4) is 0 Å². The van der Waals surface area contributed by atoms with Gasteiger partial charge in [0.1, 0.15) is 5.82 Å². The normalized spacial score (nSPS) is 12.8. The zero-order chi connectivity index (χ0) is 13.0. The van der Waals surface area contributed by atoms with Gasteiger partial charge in [-0.2, -0.15) is 0 Å². The number of nitrogens with two attached hydrogens (primary N) is 1. The first-order valence-electron chi connectivity index (χ1n) is 5.63. The molecule has 0 saturated heterocycles. The number of benzene rings is 1. The van der Waals surface area contributed by atoms with E-state index in [9.17, 15) is 9.18 Å². The van der Waals surface area contributed by atoms with Gasteiger partial charge in [-0.3, -0.25) is 4.79 Å². The van der Waals surface area contributed by atoms with Crippen LogP contribution in [0.25, 0.3) is 0 Å². The fraction of sp³-hybridized carbons (Fsp3) is 0.462. The highest BCUT2D eigenvalue weighted by Gasteiger charge is 2.18. The lowest BCUT2D eigenvalue weighted by atomic mass is 9.97. The maximum atomic E-state index is 13.5. The van der Waals surface area contributed by atoms with Gasteiger partial charge in [0.2, 0.25) is 0 Å². The van der Waals surface area contributed by atoms with Crippen molar-refractivity contribution >= 4 is 17.4 Å². The van der Waals surface area contributed by atoms with E-state index in [-0.39, 0.29) is 22.8 Å². The van der Waals surface area contributed by atoms with Gasteiger partial charge in [0.05, 0.1) is 6.04 Å². The topological polar surface area (TPSA) is 43.1 Å². The van der Waals surface area contributed by atoms with Crippen LogP contribution in [0.4, 0.5) is 4.39 Å². The SMILES string of the molecule is CC(C)CC(N)C(=O)Cc1c(F)cccc1Cl. The van der Waals surface area contributed by atoms with Gasteiger partial charge >= 0.3 is 0 Å². The lowest BCUT2D eigenvalue weighted by molar-refractivity contribution is -0.120. The maximum Gasteiger partial charge on any atom is 0.154 e. The van der Waals surface area contributed by atoms with E-state index in [1.807, 2.05) is 13.8 Å². The van der Waals surface area contributed by atoms with Crippen LogP contribution in [0, 0.1) is 11.7 Å². The van der Waals surface area contributed by atoms with Gasteiger partial charge in [0, 0.05) is 17.0 Å². The molecule has 0 bridgehead atoms. The highest BCUT2D eigenvalue weighted by Crippen LogP contribution is 2.20. The van der Waals surface area contributed by atoms with E-state index >= 15 is 0 Å². The number of carbonyl (C=O) groups excluding carboxylic acids is 1. The van der Waals surface area contributed by atoms with E-state index in [2.05, 4.69) is 0 Å². The Labute approximate surface area is 106 Å². The molecule has 0 aliphatic rings. The average molecular weight is 258 g/mol. The zero-order valence-corrected chi connectivity index (χ0v) is 10.8. The molecule has 0 fully saturated rings. The van der Waals surface area contributed by atoms with Gasteiger partial charge in [0.25, 0.3) is 0 Å². The van der Waals surface area contributed by atoms with E-state index in [1.165, 1.54) is 12.1 Å². The van der Waals surface area contributed by atoms with Crippen LogP contribution >= 0.6 is 11.6 Å². The summed E-state index contributed by atoms with van der Waals surface area (Å²) in [4.78, 5) is 11.8. The van der Waals surface area contributed by atoms with Gasteiger partial charge in [-0.15, -0.1) is 0 Å². The molecule has 0 spiro atoms. The first-order valence-corrected chi connectivity index (χ1v) is 6.00. The smallest absolute Gasteiger partial charge is 0.154 e. The Morgan fingerprint density at radius 2 is 2.12 bits per heavy atom. The average Bonchev–Trinajstić information content (AvgIpc) is 2.22. The lowest BCUT2D eigenvalue weighted by Crippen LogP contribution is -2.33. The fourth-order valence-electron chi connectivity index (χ4n) is 1.65. The number of carbonyl (C=O) groups is 1. The molecule has 0 amide bonds. The second kappa shape index (κ2) is 6.12. The molecule has 0 aliphatic carbocycles. The summed E-state index contributed by atoms with van der Waals surface area (Å²) in [5, 5.41) is 0.273. The largest absolute Gasteiger partial charge is 0.321 e. The third-order valence-corrected chi connectivity index (χ3v) is 2.91. The Balaban J connectivity index is 2.74. The summed E-state index contributed by atoms with van der Waals surface area (Å²) in [5.74, 6) is -0.293. The minimum absolute atomic E-state index is 0.0423. The van der Waals surface area contributed by atoms with Crippen LogP contribution in [0.3, 0.4) is 0 Å². The second-order valence-electron chi connectivity index (χ2n) is 4.58. The summed E-state index contributed by atoms with van der Waals surface area (Å²) in [5.41, 5.74) is 5.99. The first-order chi connectivity index (χ1) is 7.91. The van der Waals surface area contributed by atoms with Crippen molar-refractivity contribution in [2.75, 3.05) is 0 Å². The molecule has 2 N–H and O–H groups in total. The van der Waals surface area contributed by atoms with Crippen molar-refractivity contribution < 1.29 is 9.18 Å². The Kier molecular flexibility index (Phi) is 5.09. The molecule has 0 saturated carbocycles. The number of ketones is 1. The zero-order valence-electron chi connectivity index (χ0n) is 10.0. The highest BCUT2D eigenvalue weighted by atomic mass is 35.5. The molecule has 1 aromatic rings. The van der Waals surface area contributed by atoms with Gasteiger partial charge in [-0.1, -0.05) is 31.5 Å². The maximum absolute atomic E-state index is 13.5. The van der Waals surface area contributed by atoms with E-state index in [0.29, 0.717) is 12.3 Å². The van der Waals surface area contributed by atoms with Crippen LogP contribution in [-0.4, -0.2) is 11.8 Å². The number of hydrogen-bond donors (Lipinski definition) is 1. The Morgan fingerprint density at radius 3 is 2.65 bits per heavy atom. The summed E-state index contributed by atoms with van der Waals surface area (Å²) in [6.45, 7) is 3.98. The van der Waals surface area contributed by atoms with Gasteiger partial charge in [0.15, 0.2) is 5.78 Å². The molecular weight excluding hydrogens is 241 g/mol. The third kappa shape index (κ3) is 4.10. The van der Waals surface area contributed by atoms with Gasteiger partial charge in [-0.05, 0) is 24.5 Å². The minimum atomic E-state index is -0.550. The summed E-state index contributed by atoms with van der Waals surface area (Å²) < 4.78 is 13.5. The molecule has 0 heterocycles. The van der Waals surface area contributed by atoms with Crippen molar-refractivity contribution in [1.29, 1.82) is 0 Å². The van der Waals surface area contributed by atoms with E-state index in [4.69, 9.17) is 17.3 Å². The quantitative estimate of drug-likeness (QED) is 0.881. The fourth-order valence-corrected chi connectivity index (χ4v) is 1.88. The number of hydrogen-bond acceptors (Lipinski definition) is 2. The summed E-state index contributed by atoms with van der Waals surface area (Å²) in [6.07, 6.45) is 0.560. The highest BCUT2D eigenvalue weighted by molar-refractivity contribution is 6.31. The lowest BCUT2D eigenvalue weighted by Gasteiger charge is -2.13. The molecule has 2 nitrogen and oxygen atoms in total. The van der Waals surface area contributed by atoms with Crippen molar-refractivity contribution in [1.82, 2.24) is 0 Å². The standard InChI is InChI=1S/C13H17ClFNO/c1-8(2)6-12(16)13(17)7-9-10(14)4-3-5-11(9)15/h3-5,8,12H,6-7,16H2,1-2H3. The molecule has 1 unspecified atom stereocenters. The van der Waals surface area contributed by atoms with Crippen LogP contribution in [0.15, 0.2) is 18.2 Å². The summed E-state index contributed by atoms with van der Waals surface area (Å²) >= 11 is 5.85. The summed E-state index contributed by atoms with van der Waals surface area (Å²) in [6, 6.07) is 3.83. The summed E-state index contributed by atoms with van der Waals surface area (Å²) in [7, 11) is 0. The van der Waals surface area contributed by atoms with Gasteiger partial charge < -0.3 is 5.73 Å². The van der Waals surface area contributed by atoms with Crippen LogP contribution in [0.5, 0.6) is 0 Å². The molecule has 1 atom stereocenters. The molecule has 0 radical (unpaired) electrons. The molecule has 94 valence electrons. The molecule has 0 aliphatic heterocycles. The Morgan fingerprint density at radius 1 is 1.47 bits per heavy atom. The second-order valence-corrected chi connectivity index (χ2v) is 4.99. The van der Waals surface area contributed by atoms with Crippen molar-refractivity contribution in [3.63, 3.8) is 0 Å². The molecule has 4 heteroatoms. The Bertz CT molecular complexity index is 386. The van der Waals surface area contributed by atoms with Crippen LogP contribution in [0.1, 0.15) is 25.8 Å².